The van der Waals surface area contributed by atoms with Gasteiger partial charge in [0.2, 0.25) is 0 Å². The molecular weight excluding hydrogens is 238 g/mol. The molecule has 78 valence electrons. The SMILES string of the molecule is Cc1c(-n2cnc(Cl)c2)ccc(Cl)c1F. The summed E-state index contributed by atoms with van der Waals surface area (Å²) in [5.41, 5.74) is 1.15. The van der Waals surface area contributed by atoms with Gasteiger partial charge in [-0.3, -0.25) is 0 Å². The van der Waals surface area contributed by atoms with E-state index in [0.29, 0.717) is 16.4 Å². The Morgan fingerprint density at radius 2 is 2.07 bits per heavy atom. The topological polar surface area (TPSA) is 17.8 Å². The van der Waals surface area contributed by atoms with Crippen LogP contribution in [0.5, 0.6) is 0 Å². The molecule has 0 radical (unpaired) electrons. The Hall–Kier alpha value is -1.06. The van der Waals surface area contributed by atoms with Crippen LogP contribution >= 0.6 is 23.2 Å². The van der Waals surface area contributed by atoms with Crippen molar-refractivity contribution in [1.82, 2.24) is 9.55 Å². The molecule has 0 fully saturated rings. The van der Waals surface area contributed by atoms with E-state index in [9.17, 15) is 4.39 Å². The zero-order valence-electron chi connectivity index (χ0n) is 7.84. The first-order chi connectivity index (χ1) is 7.09. The fraction of sp³-hybridized carbons (Fsp3) is 0.100. The zero-order valence-corrected chi connectivity index (χ0v) is 9.35. The summed E-state index contributed by atoms with van der Waals surface area (Å²) in [6, 6.07) is 3.23. The molecule has 0 aliphatic heterocycles. The van der Waals surface area contributed by atoms with Crippen LogP contribution < -0.4 is 0 Å². The lowest BCUT2D eigenvalue weighted by atomic mass is 10.2. The van der Waals surface area contributed by atoms with Crippen molar-refractivity contribution < 1.29 is 4.39 Å². The van der Waals surface area contributed by atoms with Gasteiger partial charge in [0.1, 0.15) is 17.3 Å². The van der Waals surface area contributed by atoms with Gasteiger partial charge in [-0.2, -0.15) is 0 Å². The first kappa shape index (κ1) is 10.5. The monoisotopic (exact) mass is 244 g/mol. The molecule has 0 atom stereocenters. The average molecular weight is 245 g/mol. The van der Waals surface area contributed by atoms with E-state index in [1.807, 2.05) is 0 Å². The third kappa shape index (κ3) is 1.85. The van der Waals surface area contributed by atoms with E-state index < -0.39 is 5.82 Å². The van der Waals surface area contributed by atoms with Crippen molar-refractivity contribution >= 4 is 23.2 Å². The van der Waals surface area contributed by atoms with Gasteiger partial charge in [0, 0.05) is 11.8 Å². The van der Waals surface area contributed by atoms with E-state index in [1.54, 1.807) is 23.8 Å². The first-order valence-electron chi connectivity index (χ1n) is 4.24. The molecule has 0 spiro atoms. The lowest BCUT2D eigenvalue weighted by molar-refractivity contribution is 0.617. The van der Waals surface area contributed by atoms with Gasteiger partial charge in [0.25, 0.3) is 0 Å². The highest BCUT2D eigenvalue weighted by atomic mass is 35.5. The Morgan fingerprint density at radius 3 is 2.67 bits per heavy atom. The summed E-state index contributed by atoms with van der Waals surface area (Å²) in [5.74, 6) is -0.418. The van der Waals surface area contributed by atoms with Crippen LogP contribution in [0.1, 0.15) is 5.56 Å². The highest BCUT2D eigenvalue weighted by Crippen LogP contribution is 2.24. The van der Waals surface area contributed by atoms with Crippen LogP contribution in [0.2, 0.25) is 10.2 Å². The lowest BCUT2D eigenvalue weighted by Crippen LogP contribution is -1.96. The Morgan fingerprint density at radius 1 is 1.33 bits per heavy atom. The molecule has 1 heterocycles. The predicted molar refractivity (Wildman–Crippen MR) is 58.3 cm³/mol. The first-order valence-corrected chi connectivity index (χ1v) is 4.99. The fourth-order valence-corrected chi connectivity index (χ4v) is 1.71. The van der Waals surface area contributed by atoms with Crippen LogP contribution in [0.4, 0.5) is 4.39 Å². The average Bonchev–Trinajstić information content (AvgIpc) is 2.61. The molecule has 0 aliphatic rings. The number of hydrogen-bond donors (Lipinski definition) is 0. The van der Waals surface area contributed by atoms with Crippen molar-refractivity contribution in [2.75, 3.05) is 0 Å². The predicted octanol–water partition coefficient (Wildman–Crippen LogP) is 3.63. The Kier molecular flexibility index (Phi) is 2.67. The van der Waals surface area contributed by atoms with Gasteiger partial charge in [0.05, 0.1) is 10.7 Å². The van der Waals surface area contributed by atoms with Crippen molar-refractivity contribution in [2.24, 2.45) is 0 Å². The molecule has 2 rings (SSSR count). The second-order valence-electron chi connectivity index (χ2n) is 3.11. The van der Waals surface area contributed by atoms with E-state index in [1.165, 1.54) is 12.4 Å². The van der Waals surface area contributed by atoms with Crippen LogP contribution in [0.3, 0.4) is 0 Å². The molecule has 0 saturated heterocycles. The molecule has 0 bridgehead atoms. The summed E-state index contributed by atoms with van der Waals surface area (Å²) < 4.78 is 15.1. The molecule has 1 aromatic heterocycles. The molecule has 15 heavy (non-hydrogen) atoms. The highest BCUT2D eigenvalue weighted by Gasteiger charge is 2.09. The van der Waals surface area contributed by atoms with E-state index in [4.69, 9.17) is 23.2 Å². The van der Waals surface area contributed by atoms with E-state index >= 15 is 0 Å². The van der Waals surface area contributed by atoms with Gasteiger partial charge in [-0.15, -0.1) is 0 Å². The largest absolute Gasteiger partial charge is 0.304 e. The summed E-state index contributed by atoms with van der Waals surface area (Å²) in [6.45, 7) is 1.66. The number of aromatic nitrogens is 2. The van der Waals surface area contributed by atoms with Crippen molar-refractivity contribution in [1.29, 1.82) is 0 Å². The smallest absolute Gasteiger partial charge is 0.147 e. The van der Waals surface area contributed by atoms with Crippen molar-refractivity contribution in [3.63, 3.8) is 0 Å². The van der Waals surface area contributed by atoms with Gasteiger partial charge in [-0.25, -0.2) is 9.37 Å². The molecule has 0 saturated carbocycles. The van der Waals surface area contributed by atoms with Crippen LogP contribution in [0, 0.1) is 12.7 Å². The third-order valence-electron chi connectivity index (χ3n) is 2.14. The number of hydrogen-bond acceptors (Lipinski definition) is 1. The number of rotatable bonds is 1. The minimum absolute atomic E-state index is 0.113. The van der Waals surface area contributed by atoms with Gasteiger partial charge in [0.15, 0.2) is 0 Å². The van der Waals surface area contributed by atoms with Crippen molar-refractivity contribution in [3.8, 4) is 5.69 Å². The third-order valence-corrected chi connectivity index (χ3v) is 2.63. The quantitative estimate of drug-likeness (QED) is 0.750. The molecule has 2 nitrogen and oxygen atoms in total. The summed E-state index contributed by atoms with van der Waals surface area (Å²) >= 11 is 11.3. The maximum absolute atomic E-state index is 13.5. The molecular formula is C10H7Cl2FN2. The van der Waals surface area contributed by atoms with Crippen LogP contribution in [0.15, 0.2) is 24.7 Å². The van der Waals surface area contributed by atoms with Crippen LogP contribution in [-0.4, -0.2) is 9.55 Å². The maximum atomic E-state index is 13.5. The van der Waals surface area contributed by atoms with Gasteiger partial charge in [-0.1, -0.05) is 23.2 Å². The van der Waals surface area contributed by atoms with E-state index in [-0.39, 0.29) is 5.02 Å². The second-order valence-corrected chi connectivity index (χ2v) is 3.90. The van der Waals surface area contributed by atoms with E-state index in [0.717, 1.165) is 0 Å². The Balaban J connectivity index is 2.59. The standard InChI is InChI=1S/C10H7Cl2FN2/c1-6-8(3-2-7(11)10(6)13)15-4-9(12)14-5-15/h2-5H,1H3. The summed E-state index contributed by atoms with van der Waals surface area (Å²) in [7, 11) is 0. The molecule has 5 heteroatoms. The number of halogens is 3. The Bertz CT molecular complexity index is 508. The number of benzene rings is 1. The minimum Gasteiger partial charge on any atom is -0.304 e. The molecule has 0 N–H and O–H groups in total. The van der Waals surface area contributed by atoms with Crippen LogP contribution in [0.25, 0.3) is 5.69 Å². The fourth-order valence-electron chi connectivity index (χ4n) is 1.35. The van der Waals surface area contributed by atoms with Crippen molar-refractivity contribution in [2.45, 2.75) is 6.92 Å². The minimum atomic E-state index is -0.418. The summed E-state index contributed by atoms with van der Waals surface area (Å²) in [5, 5.41) is 0.479. The van der Waals surface area contributed by atoms with Crippen molar-refractivity contribution in [3.05, 3.63) is 46.2 Å². The number of nitrogens with zero attached hydrogens (tertiary/aromatic N) is 2. The summed E-state index contributed by atoms with van der Waals surface area (Å²) in [6.07, 6.45) is 3.13. The molecule has 2 aromatic rings. The van der Waals surface area contributed by atoms with E-state index in [2.05, 4.69) is 4.98 Å². The lowest BCUT2D eigenvalue weighted by Gasteiger charge is -2.07. The second kappa shape index (κ2) is 3.83. The van der Waals surface area contributed by atoms with Crippen LogP contribution in [-0.2, 0) is 0 Å². The van der Waals surface area contributed by atoms with Gasteiger partial charge >= 0.3 is 0 Å². The molecule has 1 aromatic carbocycles. The molecule has 0 unspecified atom stereocenters. The highest BCUT2D eigenvalue weighted by molar-refractivity contribution is 6.30. The molecule has 0 aliphatic carbocycles. The summed E-state index contributed by atoms with van der Waals surface area (Å²) in [4.78, 5) is 3.86. The zero-order chi connectivity index (χ0) is 11.0. The molecule has 0 amide bonds. The normalized spacial score (nSPS) is 10.7. The van der Waals surface area contributed by atoms with Gasteiger partial charge < -0.3 is 4.57 Å². The maximum Gasteiger partial charge on any atom is 0.147 e. The van der Waals surface area contributed by atoms with Gasteiger partial charge in [-0.05, 0) is 19.1 Å². The Labute approximate surface area is 96.3 Å². The number of imidazole rings is 1.